The summed E-state index contributed by atoms with van der Waals surface area (Å²) in [7, 11) is 0. The standard InChI is InChI=1S/C13H17BrN2O3/c1-10(19-12-4-2-3-11(14)9-12)13(17)15-16-5-7-18-8-6-16/h2-4,9-10H,5-8H2,1H3,(H,15,17). The van der Waals surface area contributed by atoms with Crippen molar-refractivity contribution in [1.82, 2.24) is 10.4 Å². The zero-order chi connectivity index (χ0) is 13.7. The Labute approximate surface area is 121 Å². The lowest BCUT2D eigenvalue weighted by molar-refractivity contribution is -0.134. The number of hydrazine groups is 1. The van der Waals surface area contributed by atoms with Gasteiger partial charge in [0, 0.05) is 17.6 Å². The summed E-state index contributed by atoms with van der Waals surface area (Å²) in [6, 6.07) is 7.43. The van der Waals surface area contributed by atoms with Gasteiger partial charge in [0.05, 0.1) is 13.2 Å². The first kappa shape index (κ1) is 14.3. The van der Waals surface area contributed by atoms with Gasteiger partial charge in [-0.15, -0.1) is 0 Å². The van der Waals surface area contributed by atoms with Crippen molar-refractivity contribution in [1.29, 1.82) is 0 Å². The van der Waals surface area contributed by atoms with Gasteiger partial charge in [0.25, 0.3) is 5.91 Å². The van der Waals surface area contributed by atoms with E-state index in [1.165, 1.54) is 0 Å². The number of amides is 1. The molecule has 5 nitrogen and oxygen atoms in total. The Morgan fingerprint density at radius 2 is 2.21 bits per heavy atom. The maximum atomic E-state index is 12.0. The molecule has 1 fully saturated rings. The lowest BCUT2D eigenvalue weighted by Gasteiger charge is -2.28. The second-order valence-corrected chi connectivity index (χ2v) is 5.21. The molecule has 0 spiro atoms. The van der Waals surface area contributed by atoms with Gasteiger partial charge in [-0.25, -0.2) is 5.01 Å². The predicted octanol–water partition coefficient (Wildman–Crippen LogP) is 1.58. The molecule has 19 heavy (non-hydrogen) atoms. The highest BCUT2D eigenvalue weighted by Gasteiger charge is 2.19. The summed E-state index contributed by atoms with van der Waals surface area (Å²) in [6.45, 7) is 4.42. The van der Waals surface area contributed by atoms with Crippen LogP contribution >= 0.6 is 15.9 Å². The molecular weight excluding hydrogens is 312 g/mol. The topological polar surface area (TPSA) is 50.8 Å². The highest BCUT2D eigenvalue weighted by molar-refractivity contribution is 9.10. The molecule has 2 rings (SSSR count). The molecule has 1 N–H and O–H groups in total. The molecule has 1 aliphatic heterocycles. The van der Waals surface area contributed by atoms with Crippen LogP contribution in [0.25, 0.3) is 0 Å². The van der Waals surface area contributed by atoms with Crippen LogP contribution in [-0.2, 0) is 9.53 Å². The molecule has 104 valence electrons. The second kappa shape index (κ2) is 6.88. The van der Waals surface area contributed by atoms with Crippen LogP contribution in [0.4, 0.5) is 0 Å². The number of nitrogens with one attached hydrogen (secondary N) is 1. The fraction of sp³-hybridized carbons (Fsp3) is 0.462. The van der Waals surface area contributed by atoms with E-state index in [2.05, 4.69) is 21.4 Å². The van der Waals surface area contributed by atoms with Gasteiger partial charge in [0.1, 0.15) is 5.75 Å². The lowest BCUT2D eigenvalue weighted by atomic mass is 10.3. The van der Waals surface area contributed by atoms with Gasteiger partial charge in [-0.05, 0) is 25.1 Å². The number of carbonyl (C=O) groups is 1. The van der Waals surface area contributed by atoms with Gasteiger partial charge < -0.3 is 9.47 Å². The summed E-state index contributed by atoms with van der Waals surface area (Å²) in [6.07, 6.45) is -0.544. The summed E-state index contributed by atoms with van der Waals surface area (Å²) in [5, 5.41) is 1.85. The number of nitrogens with zero attached hydrogens (tertiary/aromatic N) is 1. The van der Waals surface area contributed by atoms with E-state index in [1.807, 2.05) is 29.3 Å². The average Bonchev–Trinajstić information content (AvgIpc) is 2.40. The predicted molar refractivity (Wildman–Crippen MR) is 74.8 cm³/mol. The molecular formula is C13H17BrN2O3. The van der Waals surface area contributed by atoms with Crippen LogP contribution in [0, 0.1) is 0 Å². The third-order valence-corrected chi connectivity index (χ3v) is 3.25. The summed E-state index contributed by atoms with van der Waals surface area (Å²) in [5.41, 5.74) is 2.83. The number of benzene rings is 1. The monoisotopic (exact) mass is 328 g/mol. The zero-order valence-electron chi connectivity index (χ0n) is 10.8. The normalized spacial score (nSPS) is 17.8. The van der Waals surface area contributed by atoms with Crippen LogP contribution in [0.5, 0.6) is 5.75 Å². The van der Waals surface area contributed by atoms with Crippen LogP contribution in [0.15, 0.2) is 28.7 Å². The van der Waals surface area contributed by atoms with Gasteiger partial charge >= 0.3 is 0 Å². The van der Waals surface area contributed by atoms with E-state index in [-0.39, 0.29) is 5.91 Å². The molecule has 1 aliphatic rings. The number of morpholine rings is 1. The van der Waals surface area contributed by atoms with Crippen molar-refractivity contribution in [3.63, 3.8) is 0 Å². The van der Waals surface area contributed by atoms with E-state index in [9.17, 15) is 4.79 Å². The molecule has 1 atom stereocenters. The van der Waals surface area contributed by atoms with E-state index < -0.39 is 6.10 Å². The Morgan fingerprint density at radius 3 is 2.89 bits per heavy atom. The Balaban J connectivity index is 1.84. The quantitative estimate of drug-likeness (QED) is 0.911. The van der Waals surface area contributed by atoms with Crippen LogP contribution in [0.2, 0.25) is 0 Å². The lowest BCUT2D eigenvalue weighted by Crippen LogP contribution is -2.51. The molecule has 1 amide bonds. The van der Waals surface area contributed by atoms with Gasteiger partial charge in [-0.2, -0.15) is 0 Å². The zero-order valence-corrected chi connectivity index (χ0v) is 12.4. The first-order valence-electron chi connectivity index (χ1n) is 6.20. The number of hydrogen-bond acceptors (Lipinski definition) is 4. The van der Waals surface area contributed by atoms with Crippen molar-refractivity contribution in [2.45, 2.75) is 13.0 Å². The Morgan fingerprint density at radius 1 is 1.47 bits per heavy atom. The van der Waals surface area contributed by atoms with Crippen LogP contribution < -0.4 is 10.2 Å². The minimum Gasteiger partial charge on any atom is -0.481 e. The first-order chi connectivity index (χ1) is 9.15. The van der Waals surface area contributed by atoms with Crippen molar-refractivity contribution in [3.05, 3.63) is 28.7 Å². The molecule has 0 saturated carbocycles. The molecule has 1 aromatic rings. The van der Waals surface area contributed by atoms with E-state index in [0.717, 1.165) is 4.47 Å². The molecule has 1 heterocycles. The molecule has 1 unspecified atom stereocenters. The first-order valence-corrected chi connectivity index (χ1v) is 7.00. The summed E-state index contributed by atoms with van der Waals surface area (Å²) >= 11 is 3.37. The highest BCUT2D eigenvalue weighted by atomic mass is 79.9. The van der Waals surface area contributed by atoms with Gasteiger partial charge in [0.2, 0.25) is 0 Å². The molecule has 0 aromatic heterocycles. The van der Waals surface area contributed by atoms with Crippen LogP contribution in [0.3, 0.4) is 0 Å². The summed E-state index contributed by atoms with van der Waals surface area (Å²) in [5.74, 6) is 0.515. The third kappa shape index (κ3) is 4.49. The van der Waals surface area contributed by atoms with E-state index in [1.54, 1.807) is 6.92 Å². The fourth-order valence-electron chi connectivity index (χ4n) is 1.72. The molecule has 0 radical (unpaired) electrons. The fourth-order valence-corrected chi connectivity index (χ4v) is 2.10. The molecule has 6 heteroatoms. The number of hydrogen-bond donors (Lipinski definition) is 1. The largest absolute Gasteiger partial charge is 0.481 e. The molecule has 1 aromatic carbocycles. The minimum atomic E-state index is -0.544. The molecule has 0 bridgehead atoms. The van der Waals surface area contributed by atoms with E-state index >= 15 is 0 Å². The average molecular weight is 329 g/mol. The Bertz CT molecular complexity index is 436. The van der Waals surface area contributed by atoms with Crippen molar-refractivity contribution in [3.8, 4) is 5.75 Å². The summed E-state index contributed by atoms with van der Waals surface area (Å²) in [4.78, 5) is 12.0. The SMILES string of the molecule is CC(Oc1cccc(Br)c1)C(=O)NN1CCOCC1. The molecule has 0 aliphatic carbocycles. The van der Waals surface area contributed by atoms with Gasteiger partial charge in [-0.1, -0.05) is 22.0 Å². The van der Waals surface area contributed by atoms with Crippen molar-refractivity contribution in [2.24, 2.45) is 0 Å². The van der Waals surface area contributed by atoms with Crippen molar-refractivity contribution < 1.29 is 14.3 Å². The maximum absolute atomic E-state index is 12.0. The number of carbonyl (C=O) groups excluding carboxylic acids is 1. The van der Waals surface area contributed by atoms with Crippen LogP contribution in [-0.4, -0.2) is 43.3 Å². The number of ether oxygens (including phenoxy) is 2. The second-order valence-electron chi connectivity index (χ2n) is 4.29. The molecule has 1 saturated heterocycles. The Kier molecular flexibility index (Phi) is 5.18. The van der Waals surface area contributed by atoms with E-state index in [0.29, 0.717) is 32.1 Å². The van der Waals surface area contributed by atoms with Gasteiger partial charge in [0.15, 0.2) is 6.10 Å². The van der Waals surface area contributed by atoms with Crippen molar-refractivity contribution in [2.75, 3.05) is 26.3 Å². The smallest absolute Gasteiger partial charge is 0.275 e. The number of rotatable bonds is 4. The van der Waals surface area contributed by atoms with Gasteiger partial charge in [-0.3, -0.25) is 10.2 Å². The van der Waals surface area contributed by atoms with Crippen LogP contribution in [0.1, 0.15) is 6.92 Å². The minimum absolute atomic E-state index is 0.151. The van der Waals surface area contributed by atoms with Crippen molar-refractivity contribution >= 4 is 21.8 Å². The Hall–Kier alpha value is -1.11. The highest BCUT2D eigenvalue weighted by Crippen LogP contribution is 2.18. The maximum Gasteiger partial charge on any atom is 0.275 e. The third-order valence-electron chi connectivity index (χ3n) is 2.76. The van der Waals surface area contributed by atoms with E-state index in [4.69, 9.17) is 9.47 Å². The summed E-state index contributed by atoms with van der Waals surface area (Å²) < 4.78 is 11.7. The number of halogens is 1.